The van der Waals surface area contributed by atoms with Crippen LogP contribution in [0.1, 0.15) is 24.4 Å². The van der Waals surface area contributed by atoms with Crippen molar-refractivity contribution in [3.63, 3.8) is 0 Å². The normalized spacial score (nSPS) is 27.1. The lowest BCUT2D eigenvalue weighted by Crippen LogP contribution is -2.45. The fourth-order valence-electron chi connectivity index (χ4n) is 2.82. The summed E-state index contributed by atoms with van der Waals surface area (Å²) < 4.78 is 13.2. The zero-order valence-electron chi connectivity index (χ0n) is 10.0. The van der Waals surface area contributed by atoms with Crippen LogP contribution in [0.5, 0.6) is 0 Å². The predicted molar refractivity (Wildman–Crippen MR) is 66.9 cm³/mol. The second-order valence-corrected chi connectivity index (χ2v) is 4.91. The van der Waals surface area contributed by atoms with Crippen LogP contribution in [0.3, 0.4) is 0 Å². The Kier molecular flexibility index (Phi) is 2.91. The molecule has 0 aromatic heterocycles. The molecule has 2 amide bonds. The van der Waals surface area contributed by atoms with Crippen molar-refractivity contribution >= 4 is 11.7 Å². The molecule has 0 saturated carbocycles. The molecule has 2 heterocycles. The van der Waals surface area contributed by atoms with Crippen molar-refractivity contribution in [1.82, 2.24) is 10.6 Å². The highest BCUT2D eigenvalue weighted by atomic mass is 19.1. The minimum absolute atomic E-state index is 0.0258. The Morgan fingerprint density at radius 2 is 2.22 bits per heavy atom. The lowest BCUT2D eigenvalue weighted by molar-refractivity contribution is 0.233. The maximum Gasteiger partial charge on any atom is 0.319 e. The Bertz CT molecular complexity index is 471. The molecule has 2 atom stereocenters. The van der Waals surface area contributed by atoms with Gasteiger partial charge in [0.15, 0.2) is 0 Å². The molecule has 1 fully saturated rings. The van der Waals surface area contributed by atoms with E-state index in [-0.39, 0.29) is 17.9 Å². The van der Waals surface area contributed by atoms with Crippen LogP contribution in [0.2, 0.25) is 0 Å². The maximum absolute atomic E-state index is 13.2. The van der Waals surface area contributed by atoms with Gasteiger partial charge in [-0.25, -0.2) is 9.18 Å². The van der Waals surface area contributed by atoms with Crippen LogP contribution in [-0.2, 0) is 0 Å². The largest absolute Gasteiger partial charge is 0.331 e. The number of nitrogens with one attached hydrogen (secondary N) is 3. The Hall–Kier alpha value is -1.62. The zero-order chi connectivity index (χ0) is 12.5. The van der Waals surface area contributed by atoms with Gasteiger partial charge in [0.2, 0.25) is 0 Å². The van der Waals surface area contributed by atoms with E-state index in [1.807, 2.05) is 0 Å². The van der Waals surface area contributed by atoms with E-state index in [1.54, 1.807) is 6.07 Å². The molecule has 2 aliphatic rings. The van der Waals surface area contributed by atoms with Gasteiger partial charge in [0.05, 0.1) is 11.7 Å². The van der Waals surface area contributed by atoms with Crippen molar-refractivity contribution in [3.8, 4) is 0 Å². The van der Waals surface area contributed by atoms with Gasteiger partial charge in [-0.15, -0.1) is 0 Å². The monoisotopic (exact) mass is 249 g/mol. The predicted octanol–water partition coefficient (Wildman–Crippen LogP) is 2.00. The summed E-state index contributed by atoms with van der Waals surface area (Å²) in [6.07, 6.45) is 2.19. The lowest BCUT2D eigenvalue weighted by atomic mass is 9.85. The summed E-state index contributed by atoms with van der Waals surface area (Å²) in [5, 5.41) is 8.95. The van der Waals surface area contributed by atoms with Crippen molar-refractivity contribution < 1.29 is 9.18 Å². The molecular weight excluding hydrogens is 233 g/mol. The second kappa shape index (κ2) is 4.57. The summed E-state index contributed by atoms with van der Waals surface area (Å²) in [5.74, 6) is 0.0467. The van der Waals surface area contributed by atoms with Gasteiger partial charge in [-0.3, -0.25) is 0 Å². The van der Waals surface area contributed by atoms with Crippen molar-refractivity contribution in [2.24, 2.45) is 5.92 Å². The summed E-state index contributed by atoms with van der Waals surface area (Å²) in [4.78, 5) is 11.6. The summed E-state index contributed by atoms with van der Waals surface area (Å²) in [7, 11) is 0. The number of rotatable bonds is 1. The van der Waals surface area contributed by atoms with Crippen LogP contribution in [0.15, 0.2) is 18.2 Å². The number of carbonyl (C=O) groups is 1. The van der Waals surface area contributed by atoms with Crippen molar-refractivity contribution in [1.29, 1.82) is 0 Å². The highest BCUT2D eigenvalue weighted by molar-refractivity contribution is 5.93. The molecule has 18 heavy (non-hydrogen) atoms. The molecule has 2 unspecified atom stereocenters. The molecule has 3 N–H and O–H groups in total. The Morgan fingerprint density at radius 3 is 3.00 bits per heavy atom. The van der Waals surface area contributed by atoms with E-state index >= 15 is 0 Å². The fraction of sp³-hybridized carbons (Fsp3) is 0.462. The van der Waals surface area contributed by atoms with Crippen molar-refractivity contribution in [2.45, 2.75) is 18.9 Å². The molecular formula is C13H16FN3O. The average Bonchev–Trinajstić information content (AvgIpc) is 2.38. The van der Waals surface area contributed by atoms with Gasteiger partial charge < -0.3 is 16.0 Å². The average molecular weight is 249 g/mol. The van der Waals surface area contributed by atoms with Crippen molar-refractivity contribution in [3.05, 3.63) is 29.6 Å². The third-order valence-electron chi connectivity index (χ3n) is 3.69. The zero-order valence-corrected chi connectivity index (χ0v) is 10.0. The number of hydrogen-bond donors (Lipinski definition) is 3. The first-order valence-electron chi connectivity index (χ1n) is 6.32. The molecule has 96 valence electrons. The molecule has 0 aliphatic carbocycles. The number of anilines is 1. The number of amides is 2. The SMILES string of the molecule is O=C1Nc2cc(F)ccc2C(C2CCCNC2)N1. The maximum atomic E-state index is 13.2. The van der Waals surface area contributed by atoms with Gasteiger partial charge in [0.1, 0.15) is 5.82 Å². The number of halogens is 1. The molecule has 0 bridgehead atoms. The smallest absolute Gasteiger partial charge is 0.319 e. The first-order chi connectivity index (χ1) is 8.74. The van der Waals surface area contributed by atoms with Gasteiger partial charge in [-0.2, -0.15) is 0 Å². The van der Waals surface area contributed by atoms with Crippen LogP contribution >= 0.6 is 0 Å². The van der Waals surface area contributed by atoms with Crippen LogP contribution < -0.4 is 16.0 Å². The summed E-state index contributed by atoms with van der Waals surface area (Å²) in [5.41, 5.74) is 1.57. The quantitative estimate of drug-likeness (QED) is 0.713. The molecule has 1 aromatic carbocycles. The van der Waals surface area contributed by atoms with Gasteiger partial charge in [-0.05, 0) is 43.0 Å². The summed E-state index contributed by atoms with van der Waals surface area (Å²) in [6.45, 7) is 1.92. The highest BCUT2D eigenvalue weighted by Crippen LogP contribution is 2.34. The van der Waals surface area contributed by atoms with E-state index in [9.17, 15) is 9.18 Å². The number of urea groups is 1. The fourth-order valence-corrected chi connectivity index (χ4v) is 2.82. The molecule has 2 aliphatic heterocycles. The van der Waals surface area contributed by atoms with E-state index in [0.29, 0.717) is 11.6 Å². The number of benzene rings is 1. The number of piperidine rings is 1. The van der Waals surface area contributed by atoms with E-state index in [2.05, 4.69) is 16.0 Å². The molecule has 1 aromatic rings. The van der Waals surface area contributed by atoms with Gasteiger partial charge in [0.25, 0.3) is 0 Å². The van der Waals surface area contributed by atoms with Crippen LogP contribution in [0.25, 0.3) is 0 Å². The Balaban J connectivity index is 1.93. The van der Waals surface area contributed by atoms with Crippen LogP contribution in [0, 0.1) is 11.7 Å². The van der Waals surface area contributed by atoms with Gasteiger partial charge in [-0.1, -0.05) is 6.07 Å². The molecule has 0 spiro atoms. The Labute approximate surface area is 105 Å². The van der Waals surface area contributed by atoms with Gasteiger partial charge in [0, 0.05) is 6.54 Å². The van der Waals surface area contributed by atoms with Gasteiger partial charge >= 0.3 is 6.03 Å². The standard InChI is InChI=1S/C13H16FN3O/c14-9-3-4-10-11(6-9)16-13(18)17-12(10)8-2-1-5-15-7-8/h3-4,6,8,12,15H,1-2,5,7H2,(H2,16,17,18). The minimum Gasteiger partial charge on any atom is -0.331 e. The van der Waals surface area contributed by atoms with Crippen LogP contribution in [0.4, 0.5) is 14.9 Å². The summed E-state index contributed by atoms with van der Waals surface area (Å²) in [6, 6.07) is 4.32. The minimum atomic E-state index is -0.323. The number of carbonyl (C=O) groups excluding carboxylic acids is 1. The lowest BCUT2D eigenvalue weighted by Gasteiger charge is -2.35. The Morgan fingerprint density at radius 1 is 1.33 bits per heavy atom. The second-order valence-electron chi connectivity index (χ2n) is 4.91. The number of fused-ring (bicyclic) bond motifs is 1. The topological polar surface area (TPSA) is 53.2 Å². The van der Waals surface area contributed by atoms with E-state index in [0.717, 1.165) is 31.5 Å². The first kappa shape index (κ1) is 11.5. The molecule has 3 rings (SSSR count). The van der Waals surface area contributed by atoms with E-state index in [1.165, 1.54) is 12.1 Å². The molecule has 4 nitrogen and oxygen atoms in total. The highest BCUT2D eigenvalue weighted by Gasteiger charge is 2.31. The summed E-state index contributed by atoms with van der Waals surface area (Å²) >= 11 is 0. The first-order valence-corrected chi connectivity index (χ1v) is 6.32. The molecule has 1 saturated heterocycles. The third kappa shape index (κ3) is 2.06. The van der Waals surface area contributed by atoms with Crippen molar-refractivity contribution in [2.75, 3.05) is 18.4 Å². The third-order valence-corrected chi connectivity index (χ3v) is 3.69. The molecule has 5 heteroatoms. The van der Waals surface area contributed by atoms with E-state index < -0.39 is 0 Å². The van der Waals surface area contributed by atoms with E-state index in [4.69, 9.17) is 0 Å². The van der Waals surface area contributed by atoms with Crippen LogP contribution in [-0.4, -0.2) is 19.1 Å². The number of hydrogen-bond acceptors (Lipinski definition) is 2. The molecule has 0 radical (unpaired) electrons.